The van der Waals surface area contributed by atoms with Gasteiger partial charge < -0.3 is 4.57 Å². The Hall–Kier alpha value is -1.78. The molecule has 16 heavy (non-hydrogen) atoms. The molecule has 0 unspecified atom stereocenters. The molecule has 2 heterocycles. The van der Waals surface area contributed by atoms with Crippen LogP contribution in [0.25, 0.3) is 11.4 Å². The van der Waals surface area contributed by atoms with Gasteiger partial charge in [0, 0.05) is 24.5 Å². The van der Waals surface area contributed by atoms with Crippen molar-refractivity contribution in [3.05, 3.63) is 41.7 Å². The normalized spacial score (nSPS) is 13.7. The smallest absolute Gasteiger partial charge is 0.327 e. The SMILES string of the molecule is FC(F)(F)c1ccc2c(c1)Cn1ccnc1-2. The zero-order valence-electron chi connectivity index (χ0n) is 8.12. The van der Waals surface area contributed by atoms with Gasteiger partial charge in [0.1, 0.15) is 5.82 Å². The number of benzene rings is 1. The Labute approximate surface area is 89.3 Å². The lowest BCUT2D eigenvalue weighted by atomic mass is 10.1. The van der Waals surface area contributed by atoms with Gasteiger partial charge in [-0.25, -0.2) is 4.98 Å². The fourth-order valence-corrected chi connectivity index (χ4v) is 1.98. The zero-order valence-corrected chi connectivity index (χ0v) is 8.12. The lowest BCUT2D eigenvalue weighted by Crippen LogP contribution is -2.05. The van der Waals surface area contributed by atoms with E-state index in [-0.39, 0.29) is 0 Å². The second-order valence-electron chi connectivity index (χ2n) is 3.75. The Morgan fingerprint density at radius 3 is 2.81 bits per heavy atom. The minimum absolute atomic E-state index is 0.467. The molecule has 0 radical (unpaired) electrons. The van der Waals surface area contributed by atoms with E-state index in [2.05, 4.69) is 4.98 Å². The average molecular weight is 224 g/mol. The van der Waals surface area contributed by atoms with Crippen LogP contribution in [0.1, 0.15) is 11.1 Å². The Balaban J connectivity index is 2.13. The number of halogens is 3. The quantitative estimate of drug-likeness (QED) is 0.574. The van der Waals surface area contributed by atoms with Crippen molar-refractivity contribution in [1.29, 1.82) is 0 Å². The Morgan fingerprint density at radius 2 is 2.06 bits per heavy atom. The molecule has 3 rings (SSSR count). The van der Waals surface area contributed by atoms with Crippen LogP contribution >= 0.6 is 0 Å². The maximum atomic E-state index is 12.5. The van der Waals surface area contributed by atoms with E-state index in [1.807, 2.05) is 4.57 Å². The van der Waals surface area contributed by atoms with E-state index in [4.69, 9.17) is 0 Å². The summed E-state index contributed by atoms with van der Waals surface area (Å²) >= 11 is 0. The average Bonchev–Trinajstić information content (AvgIpc) is 2.74. The van der Waals surface area contributed by atoms with E-state index in [1.54, 1.807) is 12.4 Å². The number of nitrogens with zero attached hydrogens (tertiary/aromatic N) is 2. The van der Waals surface area contributed by atoms with Crippen molar-refractivity contribution in [3.63, 3.8) is 0 Å². The van der Waals surface area contributed by atoms with Crippen LogP contribution in [-0.2, 0) is 12.7 Å². The molecule has 1 aromatic carbocycles. The van der Waals surface area contributed by atoms with E-state index in [0.717, 1.165) is 17.5 Å². The number of alkyl halides is 3. The van der Waals surface area contributed by atoms with Crippen molar-refractivity contribution < 1.29 is 13.2 Å². The number of rotatable bonds is 0. The number of imidazole rings is 1. The Bertz CT molecular complexity index is 555. The largest absolute Gasteiger partial charge is 0.416 e. The van der Waals surface area contributed by atoms with Crippen molar-refractivity contribution in [2.45, 2.75) is 12.7 Å². The molecule has 5 heteroatoms. The standard InChI is InChI=1S/C11H7F3N2/c12-11(13,14)8-1-2-9-7(5-8)6-16-4-3-15-10(9)16/h1-5H,6H2. The zero-order chi connectivity index (χ0) is 11.3. The third-order valence-electron chi connectivity index (χ3n) is 2.73. The molecule has 2 nitrogen and oxygen atoms in total. The second-order valence-corrected chi connectivity index (χ2v) is 3.75. The molecule has 0 aliphatic carbocycles. The van der Waals surface area contributed by atoms with Gasteiger partial charge >= 0.3 is 6.18 Å². The van der Waals surface area contributed by atoms with E-state index in [1.165, 1.54) is 12.1 Å². The van der Waals surface area contributed by atoms with Crippen LogP contribution in [0.3, 0.4) is 0 Å². The first-order chi connectivity index (χ1) is 7.55. The number of hydrogen-bond donors (Lipinski definition) is 0. The molecule has 2 aromatic rings. The van der Waals surface area contributed by atoms with Gasteiger partial charge in [-0.05, 0) is 17.7 Å². The fourth-order valence-electron chi connectivity index (χ4n) is 1.98. The highest BCUT2D eigenvalue weighted by molar-refractivity contribution is 5.65. The highest BCUT2D eigenvalue weighted by Crippen LogP contribution is 2.36. The van der Waals surface area contributed by atoms with Crippen LogP contribution < -0.4 is 0 Å². The molecule has 0 atom stereocenters. The third kappa shape index (κ3) is 1.24. The molecule has 0 N–H and O–H groups in total. The number of hydrogen-bond acceptors (Lipinski definition) is 1. The van der Waals surface area contributed by atoms with Gasteiger partial charge in [-0.1, -0.05) is 6.07 Å². The first kappa shape index (κ1) is 9.45. The van der Waals surface area contributed by atoms with Gasteiger partial charge in [0.25, 0.3) is 0 Å². The predicted molar refractivity (Wildman–Crippen MR) is 51.8 cm³/mol. The summed E-state index contributed by atoms with van der Waals surface area (Å²) in [6, 6.07) is 3.79. The monoisotopic (exact) mass is 224 g/mol. The molecule has 0 saturated heterocycles. The van der Waals surface area contributed by atoms with E-state index in [9.17, 15) is 13.2 Å². The third-order valence-corrected chi connectivity index (χ3v) is 2.73. The van der Waals surface area contributed by atoms with Gasteiger partial charge in [0.15, 0.2) is 0 Å². The second kappa shape index (κ2) is 2.87. The summed E-state index contributed by atoms with van der Waals surface area (Å²) < 4.78 is 39.3. The molecule has 0 amide bonds. The molecule has 1 aromatic heterocycles. The summed E-state index contributed by atoms with van der Waals surface area (Å²) in [7, 11) is 0. The molecule has 1 aliphatic rings. The lowest BCUT2D eigenvalue weighted by molar-refractivity contribution is -0.137. The highest BCUT2D eigenvalue weighted by Gasteiger charge is 2.32. The first-order valence-electron chi connectivity index (χ1n) is 4.77. The van der Waals surface area contributed by atoms with E-state index < -0.39 is 11.7 Å². The Morgan fingerprint density at radius 1 is 1.25 bits per heavy atom. The van der Waals surface area contributed by atoms with Gasteiger partial charge in [0.05, 0.1) is 5.56 Å². The molecular weight excluding hydrogens is 217 g/mol. The van der Waals surface area contributed by atoms with Crippen LogP contribution in [0, 0.1) is 0 Å². The first-order valence-corrected chi connectivity index (χ1v) is 4.77. The van der Waals surface area contributed by atoms with Crippen molar-refractivity contribution in [1.82, 2.24) is 9.55 Å². The van der Waals surface area contributed by atoms with Crippen molar-refractivity contribution in [2.75, 3.05) is 0 Å². The topological polar surface area (TPSA) is 17.8 Å². The van der Waals surface area contributed by atoms with Gasteiger partial charge in [-0.15, -0.1) is 0 Å². The molecule has 82 valence electrons. The van der Waals surface area contributed by atoms with Crippen LogP contribution in [0.4, 0.5) is 13.2 Å². The fraction of sp³-hybridized carbons (Fsp3) is 0.182. The minimum Gasteiger partial charge on any atom is -0.327 e. The molecule has 0 fully saturated rings. The summed E-state index contributed by atoms with van der Waals surface area (Å²) in [6.07, 6.45) is -0.863. The van der Waals surface area contributed by atoms with Crippen molar-refractivity contribution in [3.8, 4) is 11.4 Å². The summed E-state index contributed by atoms with van der Waals surface area (Å²) in [6.45, 7) is 0.467. The summed E-state index contributed by atoms with van der Waals surface area (Å²) in [5, 5.41) is 0. The summed E-state index contributed by atoms with van der Waals surface area (Å²) in [5.41, 5.74) is 0.868. The molecular formula is C11H7F3N2. The molecule has 0 spiro atoms. The molecule has 0 bridgehead atoms. The van der Waals surface area contributed by atoms with E-state index >= 15 is 0 Å². The molecule has 0 saturated carbocycles. The van der Waals surface area contributed by atoms with Gasteiger partial charge in [-0.3, -0.25) is 0 Å². The maximum absolute atomic E-state index is 12.5. The van der Waals surface area contributed by atoms with Gasteiger partial charge in [-0.2, -0.15) is 13.2 Å². The van der Waals surface area contributed by atoms with Gasteiger partial charge in [0.2, 0.25) is 0 Å². The maximum Gasteiger partial charge on any atom is 0.416 e. The van der Waals surface area contributed by atoms with Crippen molar-refractivity contribution >= 4 is 0 Å². The van der Waals surface area contributed by atoms with Crippen LogP contribution in [0.2, 0.25) is 0 Å². The lowest BCUT2D eigenvalue weighted by Gasteiger charge is -2.07. The molecule has 1 aliphatic heterocycles. The number of fused-ring (bicyclic) bond motifs is 3. The highest BCUT2D eigenvalue weighted by atomic mass is 19.4. The van der Waals surface area contributed by atoms with E-state index in [0.29, 0.717) is 12.1 Å². The number of aromatic nitrogens is 2. The van der Waals surface area contributed by atoms with Crippen LogP contribution in [0.5, 0.6) is 0 Å². The van der Waals surface area contributed by atoms with Crippen LogP contribution in [-0.4, -0.2) is 9.55 Å². The van der Waals surface area contributed by atoms with Crippen molar-refractivity contribution in [2.24, 2.45) is 0 Å². The predicted octanol–water partition coefficient (Wildman–Crippen LogP) is 2.93. The summed E-state index contributed by atoms with van der Waals surface area (Å²) in [4.78, 5) is 4.11. The Kier molecular flexibility index (Phi) is 1.70. The van der Waals surface area contributed by atoms with Crippen LogP contribution in [0.15, 0.2) is 30.6 Å². The minimum atomic E-state index is -4.28. The summed E-state index contributed by atoms with van der Waals surface area (Å²) in [5.74, 6) is 0.740.